The number of imidazole rings is 1. The van der Waals surface area contributed by atoms with Crippen molar-refractivity contribution in [3.63, 3.8) is 0 Å². The molecule has 0 radical (unpaired) electrons. The summed E-state index contributed by atoms with van der Waals surface area (Å²) in [5.74, 6) is 0.162. The maximum Gasteiger partial charge on any atom is 0.222 e. The molecule has 2 N–H and O–H groups in total. The van der Waals surface area contributed by atoms with Crippen molar-refractivity contribution in [2.24, 2.45) is 0 Å². The van der Waals surface area contributed by atoms with Gasteiger partial charge in [0.2, 0.25) is 5.95 Å². The fraction of sp³-hybridized carbons (Fsp3) is 0.278. The molecule has 6 nitrogen and oxygen atoms in total. The lowest BCUT2D eigenvalue weighted by Crippen LogP contribution is -2.04. The molecule has 128 valence electrons. The van der Waals surface area contributed by atoms with Gasteiger partial charge in [0, 0.05) is 30.6 Å². The van der Waals surface area contributed by atoms with E-state index in [2.05, 4.69) is 26.3 Å². The van der Waals surface area contributed by atoms with Gasteiger partial charge < -0.3 is 10.4 Å². The van der Waals surface area contributed by atoms with Gasteiger partial charge in [0.05, 0.1) is 24.2 Å². The molecule has 25 heavy (non-hydrogen) atoms. The Morgan fingerprint density at radius 3 is 3.00 bits per heavy atom. The predicted octanol–water partition coefficient (Wildman–Crippen LogP) is 2.57. The first-order valence-electron chi connectivity index (χ1n) is 8.22. The molecule has 4 rings (SSSR count). The highest BCUT2D eigenvalue weighted by Crippen LogP contribution is 2.31. The number of aliphatic hydroxyl groups excluding tert-OH is 1. The van der Waals surface area contributed by atoms with Gasteiger partial charge in [-0.1, -0.05) is 6.08 Å². The Morgan fingerprint density at radius 1 is 1.32 bits per heavy atom. The van der Waals surface area contributed by atoms with Crippen molar-refractivity contribution in [2.75, 3.05) is 12.4 Å². The zero-order valence-corrected chi connectivity index (χ0v) is 13.8. The van der Waals surface area contributed by atoms with Crippen molar-refractivity contribution in [1.82, 2.24) is 19.4 Å². The standard InChI is InChI=1S/C18H18FN5O/c1-20-18-22-8-14-13(4-2-3-5-16(14)23-18)11-6-15(19)17-21-7-12(10-25)24(17)9-11/h4,6-9,25H,2-3,5,10H2,1H3,(H,20,22,23). The van der Waals surface area contributed by atoms with Crippen molar-refractivity contribution in [2.45, 2.75) is 25.9 Å². The fourth-order valence-electron chi connectivity index (χ4n) is 3.21. The predicted molar refractivity (Wildman–Crippen MR) is 92.7 cm³/mol. The molecule has 3 aromatic rings. The van der Waals surface area contributed by atoms with Crippen LogP contribution in [0.2, 0.25) is 0 Å². The van der Waals surface area contributed by atoms with Gasteiger partial charge in [-0.25, -0.2) is 19.3 Å². The number of halogens is 1. The van der Waals surface area contributed by atoms with Crippen LogP contribution in [-0.4, -0.2) is 31.5 Å². The first kappa shape index (κ1) is 15.7. The Kier molecular flexibility index (Phi) is 3.93. The molecular weight excluding hydrogens is 321 g/mol. The summed E-state index contributed by atoms with van der Waals surface area (Å²) in [4.78, 5) is 12.9. The number of fused-ring (bicyclic) bond motifs is 2. The van der Waals surface area contributed by atoms with E-state index in [1.54, 1.807) is 17.6 Å². The molecular formula is C18H18FN5O. The molecule has 0 atom stereocenters. The SMILES string of the molecule is CNc1ncc2c(n1)CCCC=C2c1cc(F)c2ncc(CO)n2c1. The molecule has 1 aliphatic rings. The second-order valence-electron chi connectivity index (χ2n) is 5.99. The smallest absolute Gasteiger partial charge is 0.222 e. The van der Waals surface area contributed by atoms with Crippen LogP contribution in [0.3, 0.4) is 0 Å². The normalized spacial score (nSPS) is 14.1. The summed E-state index contributed by atoms with van der Waals surface area (Å²) in [7, 11) is 1.79. The molecule has 0 aliphatic heterocycles. The quantitative estimate of drug-likeness (QED) is 0.767. The number of aromatic nitrogens is 4. The van der Waals surface area contributed by atoms with Crippen LogP contribution in [0.5, 0.6) is 0 Å². The summed E-state index contributed by atoms with van der Waals surface area (Å²) in [6, 6.07) is 1.48. The number of aliphatic hydroxyl groups is 1. The van der Waals surface area contributed by atoms with Crippen LogP contribution < -0.4 is 5.32 Å². The topological polar surface area (TPSA) is 75.3 Å². The zero-order valence-electron chi connectivity index (χ0n) is 13.8. The molecule has 0 saturated heterocycles. The van der Waals surface area contributed by atoms with Gasteiger partial charge in [-0.15, -0.1) is 0 Å². The maximum absolute atomic E-state index is 14.5. The third-order valence-corrected chi connectivity index (χ3v) is 4.46. The van der Waals surface area contributed by atoms with E-state index in [4.69, 9.17) is 0 Å². The lowest BCUT2D eigenvalue weighted by molar-refractivity contribution is 0.275. The van der Waals surface area contributed by atoms with Gasteiger partial charge in [-0.05, 0) is 30.9 Å². The number of pyridine rings is 1. The molecule has 0 aromatic carbocycles. The summed E-state index contributed by atoms with van der Waals surface area (Å²) in [5, 5.41) is 12.4. The Bertz CT molecular complexity index is 979. The molecule has 0 bridgehead atoms. The van der Waals surface area contributed by atoms with E-state index in [0.717, 1.165) is 41.7 Å². The fourth-order valence-corrected chi connectivity index (χ4v) is 3.21. The second kappa shape index (κ2) is 6.25. The molecule has 0 fully saturated rings. The highest BCUT2D eigenvalue weighted by atomic mass is 19.1. The van der Waals surface area contributed by atoms with E-state index in [9.17, 15) is 9.50 Å². The first-order chi connectivity index (χ1) is 12.2. The number of hydrogen-bond donors (Lipinski definition) is 2. The Morgan fingerprint density at radius 2 is 2.20 bits per heavy atom. The first-order valence-corrected chi connectivity index (χ1v) is 8.22. The van der Waals surface area contributed by atoms with Gasteiger partial charge in [0.25, 0.3) is 0 Å². The van der Waals surface area contributed by atoms with Gasteiger partial charge in [-0.3, -0.25) is 4.40 Å². The van der Waals surface area contributed by atoms with Crippen molar-refractivity contribution in [3.05, 3.63) is 59.1 Å². The maximum atomic E-state index is 14.5. The van der Waals surface area contributed by atoms with E-state index in [-0.39, 0.29) is 12.3 Å². The third kappa shape index (κ3) is 2.66. The van der Waals surface area contributed by atoms with Crippen molar-refractivity contribution < 1.29 is 9.50 Å². The number of nitrogens with zero attached hydrogens (tertiary/aromatic N) is 4. The Hall–Kier alpha value is -2.80. The van der Waals surface area contributed by atoms with Gasteiger partial charge in [0.15, 0.2) is 11.5 Å². The summed E-state index contributed by atoms with van der Waals surface area (Å²) in [6.45, 7) is -0.200. The molecule has 0 spiro atoms. The van der Waals surface area contributed by atoms with Gasteiger partial charge in [0.1, 0.15) is 0 Å². The average Bonchev–Trinajstić information content (AvgIpc) is 2.93. The number of anilines is 1. The number of hydrogen-bond acceptors (Lipinski definition) is 5. The highest BCUT2D eigenvalue weighted by molar-refractivity contribution is 5.81. The largest absolute Gasteiger partial charge is 0.390 e. The van der Waals surface area contributed by atoms with Gasteiger partial charge in [-0.2, -0.15) is 0 Å². The van der Waals surface area contributed by atoms with Crippen LogP contribution in [0.25, 0.3) is 11.2 Å². The number of allylic oxidation sites excluding steroid dienone is 1. The minimum Gasteiger partial charge on any atom is -0.390 e. The monoisotopic (exact) mass is 339 g/mol. The summed E-state index contributed by atoms with van der Waals surface area (Å²) >= 11 is 0. The minimum atomic E-state index is -0.420. The number of nitrogens with one attached hydrogen (secondary N) is 1. The van der Waals surface area contributed by atoms with E-state index in [1.165, 1.54) is 12.3 Å². The number of rotatable bonds is 3. The summed E-state index contributed by atoms with van der Waals surface area (Å²) in [5.41, 5.74) is 4.27. The lowest BCUT2D eigenvalue weighted by atomic mass is 9.99. The molecule has 0 unspecified atom stereocenters. The van der Waals surface area contributed by atoms with Crippen molar-refractivity contribution in [1.29, 1.82) is 0 Å². The van der Waals surface area contributed by atoms with Crippen LogP contribution in [0.1, 0.15) is 35.4 Å². The molecule has 3 heterocycles. The Balaban J connectivity index is 1.90. The van der Waals surface area contributed by atoms with E-state index < -0.39 is 5.82 Å². The van der Waals surface area contributed by atoms with Crippen LogP contribution in [0.15, 0.2) is 30.7 Å². The molecule has 0 amide bonds. The van der Waals surface area contributed by atoms with Crippen LogP contribution >= 0.6 is 0 Å². The van der Waals surface area contributed by atoms with Gasteiger partial charge >= 0.3 is 0 Å². The van der Waals surface area contributed by atoms with Crippen LogP contribution in [-0.2, 0) is 13.0 Å². The van der Waals surface area contributed by atoms with E-state index in [0.29, 0.717) is 11.6 Å². The molecule has 7 heteroatoms. The van der Waals surface area contributed by atoms with Crippen LogP contribution in [0.4, 0.5) is 10.3 Å². The zero-order chi connectivity index (χ0) is 17.4. The van der Waals surface area contributed by atoms with Crippen molar-refractivity contribution >= 4 is 17.2 Å². The highest BCUT2D eigenvalue weighted by Gasteiger charge is 2.18. The lowest BCUT2D eigenvalue weighted by Gasteiger charge is -2.12. The van der Waals surface area contributed by atoms with Crippen LogP contribution in [0, 0.1) is 5.82 Å². The third-order valence-electron chi connectivity index (χ3n) is 4.46. The average molecular weight is 339 g/mol. The number of aryl methyl sites for hydroxylation is 1. The summed E-state index contributed by atoms with van der Waals surface area (Å²) < 4.78 is 16.1. The van der Waals surface area contributed by atoms with E-state index in [1.807, 2.05) is 6.20 Å². The summed E-state index contributed by atoms with van der Waals surface area (Å²) in [6.07, 6.45) is 9.90. The molecule has 3 aromatic heterocycles. The second-order valence-corrected chi connectivity index (χ2v) is 5.99. The van der Waals surface area contributed by atoms with E-state index >= 15 is 0 Å². The minimum absolute atomic E-state index is 0.200. The van der Waals surface area contributed by atoms with Crippen molar-refractivity contribution in [3.8, 4) is 0 Å². The Labute approximate surface area is 144 Å². The molecule has 0 saturated carbocycles. The molecule has 1 aliphatic carbocycles.